The summed E-state index contributed by atoms with van der Waals surface area (Å²) in [5.41, 5.74) is 14.5. The smallest absolute Gasteiger partial charge is 0.104 e. The number of hydrogen-bond acceptors (Lipinski definition) is 4. The molecule has 3 heterocycles. The zero-order valence-electron chi connectivity index (χ0n) is 33.2. The van der Waals surface area contributed by atoms with Crippen LogP contribution in [0.25, 0.3) is 99.8 Å². The highest BCUT2D eigenvalue weighted by Crippen LogP contribution is 2.42. The SMILES string of the molecule is N#Cc1ccc(-c2ccc3c4ccccc4n(-c4cc(-c5cccc(-c6ccccc6)n5)cc(-n5c6ccccc6c6ccc(-c7ccc(C#N)cc7)cc65)c4C#N)c3c2)cc1. The standard InChI is InChI=1S/C56H32N6/c57-33-36-17-21-38(22-18-36)41-25-27-46-44-11-4-6-15-51(44)61(53(46)29-41)55-31-43(50-14-8-13-49(60-50)40-9-2-1-3-10-40)32-56(48(55)35-59)62-52-16-7-5-12-45(52)47-28-26-42(30-54(47)62)39-23-19-37(34-58)20-24-39/h1-32H. The van der Waals surface area contributed by atoms with Crippen LogP contribution < -0.4 is 0 Å². The van der Waals surface area contributed by atoms with Gasteiger partial charge in [-0.2, -0.15) is 15.8 Å². The molecule has 0 aliphatic heterocycles. The summed E-state index contributed by atoms with van der Waals surface area (Å²) in [6.07, 6.45) is 0. The zero-order valence-corrected chi connectivity index (χ0v) is 33.2. The van der Waals surface area contributed by atoms with Crippen molar-refractivity contribution < 1.29 is 0 Å². The van der Waals surface area contributed by atoms with E-state index >= 15 is 0 Å². The van der Waals surface area contributed by atoms with E-state index < -0.39 is 0 Å². The van der Waals surface area contributed by atoms with Crippen molar-refractivity contribution in [1.82, 2.24) is 14.1 Å². The molecule has 0 amide bonds. The Bertz CT molecular complexity index is 3510. The minimum atomic E-state index is 0.505. The van der Waals surface area contributed by atoms with Crippen LogP contribution in [0.15, 0.2) is 194 Å². The first-order chi connectivity index (χ1) is 30.6. The second-order valence-electron chi connectivity index (χ2n) is 15.3. The van der Waals surface area contributed by atoms with Crippen molar-refractivity contribution in [3.63, 3.8) is 0 Å². The van der Waals surface area contributed by atoms with Crippen molar-refractivity contribution in [1.29, 1.82) is 15.8 Å². The van der Waals surface area contributed by atoms with Crippen LogP contribution in [0.4, 0.5) is 0 Å². The van der Waals surface area contributed by atoms with E-state index in [1.54, 1.807) is 0 Å². The number of para-hydroxylation sites is 2. The minimum Gasteiger partial charge on any atom is -0.308 e. The number of benzene rings is 8. The summed E-state index contributed by atoms with van der Waals surface area (Å²) < 4.78 is 4.45. The fraction of sp³-hybridized carbons (Fsp3) is 0. The predicted octanol–water partition coefficient (Wildman–Crippen LogP) is 13.6. The van der Waals surface area contributed by atoms with E-state index in [4.69, 9.17) is 4.98 Å². The second kappa shape index (κ2) is 14.7. The molecular weight excluding hydrogens is 757 g/mol. The molecular formula is C56H32N6. The molecule has 0 fully saturated rings. The molecule has 0 spiro atoms. The normalized spacial score (nSPS) is 11.2. The van der Waals surface area contributed by atoms with Crippen LogP contribution in [0.5, 0.6) is 0 Å². The summed E-state index contributed by atoms with van der Waals surface area (Å²) in [4.78, 5) is 5.25. The van der Waals surface area contributed by atoms with Crippen LogP contribution in [0.2, 0.25) is 0 Å². The molecule has 0 saturated carbocycles. The average molecular weight is 789 g/mol. The van der Waals surface area contributed by atoms with Gasteiger partial charge in [-0.05, 0) is 95.1 Å². The highest BCUT2D eigenvalue weighted by molar-refractivity contribution is 6.12. The van der Waals surface area contributed by atoms with E-state index in [0.29, 0.717) is 16.7 Å². The van der Waals surface area contributed by atoms with Gasteiger partial charge in [0.1, 0.15) is 11.6 Å². The molecule has 0 N–H and O–H groups in total. The van der Waals surface area contributed by atoms with Gasteiger partial charge in [0.15, 0.2) is 0 Å². The maximum atomic E-state index is 11.6. The Morgan fingerprint density at radius 2 is 0.758 bits per heavy atom. The Morgan fingerprint density at radius 3 is 1.24 bits per heavy atom. The molecule has 0 unspecified atom stereocenters. The molecule has 0 atom stereocenters. The Hall–Kier alpha value is -9.02. The number of aromatic nitrogens is 3. The van der Waals surface area contributed by atoms with Gasteiger partial charge in [0.25, 0.3) is 0 Å². The monoisotopic (exact) mass is 788 g/mol. The van der Waals surface area contributed by atoms with Crippen LogP contribution in [0.3, 0.4) is 0 Å². The molecule has 62 heavy (non-hydrogen) atoms. The molecule has 6 heteroatoms. The van der Waals surface area contributed by atoms with Gasteiger partial charge in [0.05, 0.1) is 68.1 Å². The van der Waals surface area contributed by atoms with Crippen molar-refractivity contribution in [3.05, 3.63) is 211 Å². The molecule has 0 radical (unpaired) electrons. The molecule has 8 aromatic carbocycles. The van der Waals surface area contributed by atoms with E-state index in [0.717, 1.165) is 99.8 Å². The Morgan fingerprint density at radius 1 is 0.323 bits per heavy atom. The average Bonchev–Trinajstić information content (AvgIpc) is 3.86. The third-order valence-corrected chi connectivity index (χ3v) is 11.8. The molecule has 3 aromatic heterocycles. The van der Waals surface area contributed by atoms with Crippen molar-refractivity contribution in [2.75, 3.05) is 0 Å². The number of rotatable bonds is 6. The van der Waals surface area contributed by atoms with Gasteiger partial charge in [-0.25, -0.2) is 4.98 Å². The summed E-state index contributed by atoms with van der Waals surface area (Å²) in [7, 11) is 0. The van der Waals surface area contributed by atoms with Gasteiger partial charge < -0.3 is 9.13 Å². The Labute approximate surface area is 357 Å². The van der Waals surface area contributed by atoms with Crippen molar-refractivity contribution >= 4 is 43.6 Å². The molecule has 11 aromatic rings. The number of nitriles is 3. The van der Waals surface area contributed by atoms with E-state index in [2.05, 4.69) is 124 Å². The van der Waals surface area contributed by atoms with Crippen LogP contribution in [-0.4, -0.2) is 14.1 Å². The fourth-order valence-corrected chi connectivity index (χ4v) is 8.89. The van der Waals surface area contributed by atoms with Crippen LogP contribution in [0.1, 0.15) is 16.7 Å². The highest BCUT2D eigenvalue weighted by atomic mass is 15.0. The quantitative estimate of drug-likeness (QED) is 0.168. The van der Waals surface area contributed by atoms with Crippen molar-refractivity contribution in [3.8, 4) is 74.4 Å². The number of nitrogens with zero attached hydrogens (tertiary/aromatic N) is 6. The lowest BCUT2D eigenvalue weighted by Crippen LogP contribution is -2.05. The first-order valence-electron chi connectivity index (χ1n) is 20.3. The lowest BCUT2D eigenvalue weighted by Gasteiger charge is -2.19. The molecule has 286 valence electrons. The summed E-state index contributed by atoms with van der Waals surface area (Å²) >= 11 is 0. The van der Waals surface area contributed by atoms with E-state index in [9.17, 15) is 15.8 Å². The molecule has 0 saturated heterocycles. The van der Waals surface area contributed by atoms with Crippen LogP contribution in [-0.2, 0) is 0 Å². The van der Waals surface area contributed by atoms with Crippen molar-refractivity contribution in [2.45, 2.75) is 0 Å². The highest BCUT2D eigenvalue weighted by Gasteiger charge is 2.23. The van der Waals surface area contributed by atoms with E-state index in [1.807, 2.05) is 97.1 Å². The first-order valence-corrected chi connectivity index (χ1v) is 20.3. The Kier molecular flexibility index (Phi) is 8.54. The van der Waals surface area contributed by atoms with Gasteiger partial charge in [0.2, 0.25) is 0 Å². The summed E-state index contributed by atoms with van der Waals surface area (Å²) in [5, 5.41) is 34.8. The third-order valence-electron chi connectivity index (χ3n) is 11.8. The molecule has 11 rings (SSSR count). The minimum absolute atomic E-state index is 0.505. The number of hydrogen-bond donors (Lipinski definition) is 0. The largest absolute Gasteiger partial charge is 0.308 e. The van der Waals surface area contributed by atoms with Crippen molar-refractivity contribution in [2.24, 2.45) is 0 Å². The van der Waals surface area contributed by atoms with Crippen LogP contribution >= 0.6 is 0 Å². The lowest BCUT2D eigenvalue weighted by atomic mass is 10.0. The summed E-state index contributed by atoms with van der Waals surface area (Å²) in [6.45, 7) is 0. The molecule has 0 aliphatic carbocycles. The van der Waals surface area contributed by atoms with E-state index in [1.165, 1.54) is 0 Å². The van der Waals surface area contributed by atoms with Gasteiger partial charge in [0, 0.05) is 32.7 Å². The van der Waals surface area contributed by atoms with Crippen LogP contribution in [0, 0.1) is 34.0 Å². The fourth-order valence-electron chi connectivity index (χ4n) is 8.89. The van der Waals surface area contributed by atoms with Gasteiger partial charge in [-0.15, -0.1) is 0 Å². The maximum absolute atomic E-state index is 11.6. The lowest BCUT2D eigenvalue weighted by molar-refractivity contribution is 1.12. The predicted molar refractivity (Wildman–Crippen MR) is 249 cm³/mol. The number of pyridine rings is 1. The van der Waals surface area contributed by atoms with E-state index in [-0.39, 0.29) is 0 Å². The second-order valence-corrected chi connectivity index (χ2v) is 15.3. The molecule has 0 bridgehead atoms. The zero-order chi connectivity index (χ0) is 41.7. The summed E-state index contributed by atoms with van der Waals surface area (Å²) in [5.74, 6) is 0. The van der Waals surface area contributed by atoms with Gasteiger partial charge >= 0.3 is 0 Å². The summed E-state index contributed by atoms with van der Waals surface area (Å²) in [6, 6.07) is 72.5. The third kappa shape index (κ3) is 5.89. The van der Waals surface area contributed by atoms with Gasteiger partial charge in [-0.3, -0.25) is 0 Å². The van der Waals surface area contributed by atoms with Gasteiger partial charge in [-0.1, -0.05) is 121 Å². The molecule has 6 nitrogen and oxygen atoms in total. The Balaban J connectivity index is 1.24. The first kappa shape index (κ1) is 36.1. The molecule has 0 aliphatic rings. The number of fused-ring (bicyclic) bond motifs is 6. The topological polar surface area (TPSA) is 94.1 Å². The maximum Gasteiger partial charge on any atom is 0.104 e.